The molecule has 1 aliphatic rings. The van der Waals surface area contributed by atoms with Gasteiger partial charge in [-0.1, -0.05) is 25.0 Å². The number of amides is 2. The zero-order chi connectivity index (χ0) is 16.7. The fourth-order valence-electron chi connectivity index (χ4n) is 3.01. The van der Waals surface area contributed by atoms with Gasteiger partial charge in [-0.2, -0.15) is 0 Å². The summed E-state index contributed by atoms with van der Waals surface area (Å²) in [6.45, 7) is 3.76. The van der Waals surface area contributed by atoms with Crippen LogP contribution in [0.1, 0.15) is 38.2 Å². The average molecular weight is 320 g/mol. The van der Waals surface area contributed by atoms with Crippen molar-refractivity contribution in [2.45, 2.75) is 45.3 Å². The van der Waals surface area contributed by atoms with Crippen LogP contribution in [0.5, 0.6) is 0 Å². The summed E-state index contributed by atoms with van der Waals surface area (Å²) in [5, 5.41) is 12.9. The number of urea groups is 1. The average Bonchev–Trinajstić information content (AvgIpc) is 2.55. The molecule has 23 heavy (non-hydrogen) atoms. The minimum atomic E-state index is -0.284. The van der Waals surface area contributed by atoms with E-state index in [1.54, 1.807) is 11.9 Å². The summed E-state index contributed by atoms with van der Waals surface area (Å²) in [6, 6.07) is 7.55. The molecular formula is C18H28N2O3. The van der Waals surface area contributed by atoms with Crippen molar-refractivity contribution in [2.24, 2.45) is 5.92 Å². The van der Waals surface area contributed by atoms with E-state index in [4.69, 9.17) is 4.74 Å². The van der Waals surface area contributed by atoms with E-state index < -0.39 is 0 Å². The maximum absolute atomic E-state index is 12.3. The van der Waals surface area contributed by atoms with E-state index in [1.807, 2.05) is 31.2 Å². The highest BCUT2D eigenvalue weighted by Crippen LogP contribution is 2.25. The number of ether oxygens (including phenoxy) is 1. The highest BCUT2D eigenvalue weighted by atomic mass is 16.5. The maximum atomic E-state index is 12.3. The number of benzene rings is 1. The van der Waals surface area contributed by atoms with Crippen molar-refractivity contribution < 1.29 is 14.6 Å². The van der Waals surface area contributed by atoms with Gasteiger partial charge in [0.25, 0.3) is 0 Å². The highest BCUT2D eigenvalue weighted by Gasteiger charge is 2.25. The second kappa shape index (κ2) is 8.89. The summed E-state index contributed by atoms with van der Waals surface area (Å²) < 4.78 is 5.39. The highest BCUT2D eigenvalue weighted by molar-refractivity contribution is 5.89. The summed E-state index contributed by atoms with van der Waals surface area (Å²) in [5.41, 5.74) is 1.80. The number of carbonyl (C=O) groups is 1. The lowest BCUT2D eigenvalue weighted by Gasteiger charge is -2.31. The quantitative estimate of drug-likeness (QED) is 0.846. The molecule has 0 radical (unpaired) electrons. The number of nitrogens with one attached hydrogen (secondary N) is 1. The van der Waals surface area contributed by atoms with Gasteiger partial charge in [0.05, 0.1) is 12.7 Å². The first kappa shape index (κ1) is 17.8. The van der Waals surface area contributed by atoms with Crippen LogP contribution in [0, 0.1) is 5.92 Å². The van der Waals surface area contributed by atoms with Gasteiger partial charge in [0.15, 0.2) is 0 Å². The van der Waals surface area contributed by atoms with E-state index in [2.05, 4.69) is 5.32 Å². The van der Waals surface area contributed by atoms with E-state index in [-0.39, 0.29) is 18.1 Å². The van der Waals surface area contributed by atoms with Crippen LogP contribution in [0.2, 0.25) is 0 Å². The minimum Gasteiger partial charge on any atom is -0.393 e. The molecular weight excluding hydrogens is 292 g/mol. The molecule has 2 atom stereocenters. The molecule has 1 saturated carbocycles. The Balaban J connectivity index is 1.87. The predicted octanol–water partition coefficient (Wildman–Crippen LogP) is 3.24. The number of anilines is 1. The Morgan fingerprint density at radius 1 is 1.39 bits per heavy atom. The standard InChI is InChI=1S/C18H28N2O3/c1-3-23-13-14-7-6-9-16(11-14)19-18(22)20(2)12-15-8-4-5-10-17(15)21/h6-7,9,11,15,17,21H,3-5,8,10,12-13H2,1-2H3,(H,19,22). The second-order valence-electron chi connectivity index (χ2n) is 6.26. The van der Waals surface area contributed by atoms with Gasteiger partial charge in [0.2, 0.25) is 0 Å². The molecule has 5 heteroatoms. The molecule has 2 rings (SSSR count). The zero-order valence-electron chi connectivity index (χ0n) is 14.1. The van der Waals surface area contributed by atoms with Crippen molar-refractivity contribution in [1.29, 1.82) is 0 Å². The lowest BCUT2D eigenvalue weighted by molar-refractivity contribution is 0.0575. The molecule has 0 bridgehead atoms. The summed E-state index contributed by atoms with van der Waals surface area (Å²) >= 11 is 0. The van der Waals surface area contributed by atoms with Gasteiger partial charge in [-0.15, -0.1) is 0 Å². The molecule has 1 aromatic carbocycles. The summed E-state index contributed by atoms with van der Waals surface area (Å²) in [4.78, 5) is 14.0. The number of carbonyl (C=O) groups excluding carboxylic acids is 1. The van der Waals surface area contributed by atoms with Crippen LogP contribution in [0.15, 0.2) is 24.3 Å². The van der Waals surface area contributed by atoms with Crippen molar-refractivity contribution in [2.75, 3.05) is 25.5 Å². The van der Waals surface area contributed by atoms with Crippen LogP contribution in [-0.2, 0) is 11.3 Å². The summed E-state index contributed by atoms with van der Waals surface area (Å²) in [6.07, 6.45) is 3.77. The van der Waals surface area contributed by atoms with Crippen molar-refractivity contribution in [3.05, 3.63) is 29.8 Å². The molecule has 2 unspecified atom stereocenters. The van der Waals surface area contributed by atoms with Gasteiger partial charge < -0.3 is 20.1 Å². The molecule has 128 valence electrons. The van der Waals surface area contributed by atoms with Gasteiger partial charge in [-0.25, -0.2) is 4.79 Å². The summed E-state index contributed by atoms with van der Waals surface area (Å²) in [5.74, 6) is 0.184. The normalized spacial score (nSPS) is 21.0. The molecule has 5 nitrogen and oxygen atoms in total. The first-order valence-corrected chi connectivity index (χ1v) is 8.47. The third kappa shape index (κ3) is 5.52. The van der Waals surface area contributed by atoms with Crippen LogP contribution in [0.3, 0.4) is 0 Å². The number of aliphatic hydroxyl groups excluding tert-OH is 1. The number of hydrogen-bond acceptors (Lipinski definition) is 3. The number of hydrogen-bond donors (Lipinski definition) is 2. The van der Waals surface area contributed by atoms with Crippen LogP contribution in [0.25, 0.3) is 0 Å². The third-order valence-electron chi connectivity index (χ3n) is 4.38. The largest absolute Gasteiger partial charge is 0.393 e. The Hall–Kier alpha value is -1.59. The minimum absolute atomic E-state index is 0.142. The van der Waals surface area contributed by atoms with Crippen molar-refractivity contribution in [1.82, 2.24) is 4.90 Å². The van der Waals surface area contributed by atoms with Gasteiger partial charge in [-0.05, 0) is 37.5 Å². The Labute approximate surface area is 138 Å². The van der Waals surface area contributed by atoms with Crippen LogP contribution in [-0.4, -0.2) is 42.3 Å². The van der Waals surface area contributed by atoms with Crippen molar-refractivity contribution in [3.63, 3.8) is 0 Å². The molecule has 0 aromatic heterocycles. The molecule has 1 aromatic rings. The van der Waals surface area contributed by atoms with Gasteiger partial charge >= 0.3 is 6.03 Å². The number of rotatable bonds is 6. The molecule has 0 spiro atoms. The first-order chi connectivity index (χ1) is 11.1. The lowest BCUT2D eigenvalue weighted by Crippen LogP contribution is -2.40. The van der Waals surface area contributed by atoms with E-state index in [9.17, 15) is 9.90 Å². The Morgan fingerprint density at radius 2 is 2.17 bits per heavy atom. The van der Waals surface area contributed by atoms with E-state index in [1.165, 1.54) is 0 Å². The van der Waals surface area contributed by atoms with E-state index >= 15 is 0 Å². The smallest absolute Gasteiger partial charge is 0.321 e. The molecule has 1 aliphatic carbocycles. The fraction of sp³-hybridized carbons (Fsp3) is 0.611. The summed E-state index contributed by atoms with van der Waals surface area (Å²) in [7, 11) is 1.78. The van der Waals surface area contributed by atoms with Crippen molar-refractivity contribution in [3.8, 4) is 0 Å². The van der Waals surface area contributed by atoms with Crippen LogP contribution < -0.4 is 5.32 Å². The Kier molecular flexibility index (Phi) is 6.86. The zero-order valence-corrected chi connectivity index (χ0v) is 14.1. The molecule has 2 N–H and O–H groups in total. The molecule has 2 amide bonds. The second-order valence-corrected chi connectivity index (χ2v) is 6.26. The number of nitrogens with zero attached hydrogens (tertiary/aromatic N) is 1. The fourth-order valence-corrected chi connectivity index (χ4v) is 3.01. The lowest BCUT2D eigenvalue weighted by atomic mass is 9.86. The van der Waals surface area contributed by atoms with Gasteiger partial charge in [0, 0.05) is 31.8 Å². The predicted molar refractivity (Wildman–Crippen MR) is 91.4 cm³/mol. The number of aliphatic hydroxyl groups is 1. The first-order valence-electron chi connectivity index (χ1n) is 8.47. The SMILES string of the molecule is CCOCc1cccc(NC(=O)N(C)CC2CCCCC2O)c1. The van der Waals surface area contributed by atoms with Crippen molar-refractivity contribution >= 4 is 11.7 Å². The van der Waals surface area contributed by atoms with E-state index in [0.717, 1.165) is 36.9 Å². The van der Waals surface area contributed by atoms with Gasteiger partial charge in [-0.3, -0.25) is 0 Å². The maximum Gasteiger partial charge on any atom is 0.321 e. The molecule has 0 saturated heterocycles. The topological polar surface area (TPSA) is 61.8 Å². The van der Waals surface area contributed by atoms with Gasteiger partial charge in [0.1, 0.15) is 0 Å². The third-order valence-corrected chi connectivity index (χ3v) is 4.38. The molecule has 0 heterocycles. The Morgan fingerprint density at radius 3 is 2.91 bits per heavy atom. The monoisotopic (exact) mass is 320 g/mol. The molecule has 0 aliphatic heterocycles. The Bertz CT molecular complexity index is 507. The van der Waals surface area contributed by atoms with E-state index in [0.29, 0.717) is 19.8 Å². The van der Waals surface area contributed by atoms with Crippen LogP contribution in [0.4, 0.5) is 10.5 Å². The van der Waals surface area contributed by atoms with Crippen LogP contribution >= 0.6 is 0 Å². The molecule has 1 fully saturated rings.